The summed E-state index contributed by atoms with van der Waals surface area (Å²) in [7, 11) is 0. The number of hydrazine groups is 1. The van der Waals surface area contributed by atoms with E-state index >= 15 is 0 Å². The van der Waals surface area contributed by atoms with Crippen molar-refractivity contribution < 1.29 is 24.3 Å². The molecule has 7 nitrogen and oxygen atoms in total. The lowest BCUT2D eigenvalue weighted by Crippen LogP contribution is -2.51. The lowest BCUT2D eigenvalue weighted by atomic mass is 9.95. The van der Waals surface area contributed by atoms with Gasteiger partial charge in [-0.05, 0) is 24.0 Å². The molecule has 118 valence electrons. The van der Waals surface area contributed by atoms with E-state index in [9.17, 15) is 14.4 Å². The molecule has 0 spiro atoms. The number of hydroxylamine groups is 1. The normalized spacial score (nSPS) is 18.1. The third kappa shape index (κ3) is 4.05. The number of carboxylic acid groups (broad SMARTS) is 1. The second-order valence-corrected chi connectivity index (χ2v) is 5.13. The highest BCUT2D eigenvalue weighted by molar-refractivity contribution is 5.82. The number of carboxylic acids is 1. The van der Waals surface area contributed by atoms with E-state index in [1.54, 1.807) is 0 Å². The summed E-state index contributed by atoms with van der Waals surface area (Å²) >= 11 is 0. The van der Waals surface area contributed by atoms with E-state index < -0.39 is 23.7 Å². The number of nitrogens with one attached hydrogen (secondary N) is 1. The lowest BCUT2D eigenvalue weighted by molar-refractivity contribution is -0.225. The third-order valence-electron chi connectivity index (χ3n) is 3.42. The maximum absolute atomic E-state index is 11.7. The Balaban J connectivity index is 0.000000238. The fraction of sp³-hybridized carbons (Fsp3) is 0.400. The van der Waals surface area contributed by atoms with Crippen molar-refractivity contribution in [1.82, 2.24) is 10.6 Å². The van der Waals surface area contributed by atoms with Gasteiger partial charge < -0.3 is 5.11 Å². The van der Waals surface area contributed by atoms with Crippen molar-refractivity contribution >= 4 is 17.8 Å². The minimum atomic E-state index is -0.939. The number of nitrogens with zero attached hydrogens (tertiary/aromatic N) is 1. The predicted molar refractivity (Wildman–Crippen MR) is 77.0 cm³/mol. The standard InChI is InChI=1S/C9H14N2O5.C6H4/c1-6(12)10-11-9(15)7(4-5-16-11)2-3-8(13)14;1-2-6-4-3-5(1)6/h7H,2-5H2,1H3,(H,10,12)(H,13,14);1-4H. The van der Waals surface area contributed by atoms with Crippen LogP contribution in [0.15, 0.2) is 24.3 Å². The van der Waals surface area contributed by atoms with Crippen molar-refractivity contribution in [1.29, 1.82) is 0 Å². The highest BCUT2D eigenvalue weighted by Crippen LogP contribution is 2.29. The van der Waals surface area contributed by atoms with Crippen LogP contribution in [0.3, 0.4) is 0 Å². The lowest BCUT2D eigenvalue weighted by Gasteiger charge is -2.30. The van der Waals surface area contributed by atoms with Crippen LogP contribution >= 0.6 is 0 Å². The fourth-order valence-corrected chi connectivity index (χ4v) is 2.10. The van der Waals surface area contributed by atoms with E-state index in [1.165, 1.54) is 18.1 Å². The number of hydrogen-bond acceptors (Lipinski definition) is 4. The summed E-state index contributed by atoms with van der Waals surface area (Å²) in [5.41, 5.74) is 5.08. The van der Waals surface area contributed by atoms with Gasteiger partial charge in [-0.15, -0.1) is 5.17 Å². The number of rotatable bonds is 4. The highest BCUT2D eigenvalue weighted by atomic mass is 16.7. The molecular formula is C15H18N2O5. The summed E-state index contributed by atoms with van der Waals surface area (Å²) in [6, 6.07) is 8.48. The largest absolute Gasteiger partial charge is 0.481 e. The van der Waals surface area contributed by atoms with Crippen LogP contribution in [0.5, 0.6) is 0 Å². The molecule has 3 aliphatic rings. The smallest absolute Gasteiger partial charge is 0.303 e. The van der Waals surface area contributed by atoms with Gasteiger partial charge in [0.2, 0.25) is 5.91 Å². The van der Waals surface area contributed by atoms with Gasteiger partial charge in [-0.1, -0.05) is 24.3 Å². The summed E-state index contributed by atoms with van der Waals surface area (Å²) in [4.78, 5) is 37.7. The zero-order chi connectivity index (χ0) is 16.1. The van der Waals surface area contributed by atoms with Crippen molar-refractivity contribution in [3.8, 4) is 11.1 Å². The molecule has 0 aromatic heterocycles. The second kappa shape index (κ2) is 7.04. The number of amides is 2. The molecule has 1 fully saturated rings. The summed E-state index contributed by atoms with van der Waals surface area (Å²) < 4.78 is 0. The van der Waals surface area contributed by atoms with Crippen LogP contribution in [0.4, 0.5) is 0 Å². The molecule has 2 N–H and O–H groups in total. The van der Waals surface area contributed by atoms with Crippen LogP contribution in [0, 0.1) is 5.92 Å². The number of aliphatic carboxylic acids is 1. The van der Waals surface area contributed by atoms with Crippen molar-refractivity contribution in [2.45, 2.75) is 26.2 Å². The molecule has 1 aliphatic heterocycles. The Hall–Kier alpha value is -2.41. The predicted octanol–water partition coefficient (Wildman–Crippen LogP) is 1.35. The van der Waals surface area contributed by atoms with Gasteiger partial charge in [0, 0.05) is 19.3 Å². The van der Waals surface area contributed by atoms with Crippen LogP contribution in [-0.2, 0) is 19.2 Å². The quantitative estimate of drug-likeness (QED) is 0.889. The summed E-state index contributed by atoms with van der Waals surface area (Å²) in [5.74, 6) is -2.16. The third-order valence-corrected chi connectivity index (χ3v) is 3.42. The molecule has 22 heavy (non-hydrogen) atoms. The number of hydrogen-bond donors (Lipinski definition) is 2. The Labute approximate surface area is 127 Å². The first-order valence-corrected chi connectivity index (χ1v) is 7.03. The average molecular weight is 306 g/mol. The number of benzene rings is 1. The van der Waals surface area contributed by atoms with Crippen LogP contribution in [-0.4, -0.2) is 34.7 Å². The number of carbonyl (C=O) groups is 3. The van der Waals surface area contributed by atoms with Crippen molar-refractivity contribution in [2.75, 3.05) is 6.61 Å². The summed E-state index contributed by atoms with van der Waals surface area (Å²) in [5, 5.41) is 9.31. The van der Waals surface area contributed by atoms with Crippen molar-refractivity contribution in [2.24, 2.45) is 5.92 Å². The number of carbonyl (C=O) groups excluding carboxylic acids is 2. The first kappa shape index (κ1) is 16.0. The molecule has 2 amide bonds. The minimum absolute atomic E-state index is 0.0652. The van der Waals surface area contributed by atoms with Crippen LogP contribution in [0.1, 0.15) is 26.2 Å². The zero-order valence-corrected chi connectivity index (χ0v) is 12.2. The molecule has 0 bridgehead atoms. The molecule has 0 radical (unpaired) electrons. The Morgan fingerprint density at radius 2 is 1.91 bits per heavy atom. The Bertz CT molecular complexity index is 549. The van der Waals surface area contributed by atoms with Crippen LogP contribution in [0.2, 0.25) is 0 Å². The van der Waals surface area contributed by atoms with Gasteiger partial charge in [0.25, 0.3) is 5.91 Å². The maximum atomic E-state index is 11.7. The van der Waals surface area contributed by atoms with Gasteiger partial charge in [0.15, 0.2) is 0 Å². The molecule has 0 aromatic rings. The van der Waals surface area contributed by atoms with E-state index in [2.05, 4.69) is 29.7 Å². The molecule has 1 unspecified atom stereocenters. The minimum Gasteiger partial charge on any atom is -0.481 e. The first-order valence-electron chi connectivity index (χ1n) is 7.03. The van der Waals surface area contributed by atoms with Gasteiger partial charge in [-0.2, -0.15) is 0 Å². The SMILES string of the molecule is CC(=O)NN1OCCC(CCC(=O)O)C1=O.c1cc2ccc1-2. The topological polar surface area (TPSA) is 95.9 Å². The van der Waals surface area contributed by atoms with Gasteiger partial charge in [-0.25, -0.2) is 5.43 Å². The van der Waals surface area contributed by atoms with Gasteiger partial charge in [0.1, 0.15) is 0 Å². The van der Waals surface area contributed by atoms with Crippen molar-refractivity contribution in [3.05, 3.63) is 24.3 Å². The van der Waals surface area contributed by atoms with E-state index in [1.807, 2.05) is 0 Å². The average Bonchev–Trinajstić information content (AvgIpc) is 2.44. The molecular weight excluding hydrogens is 288 g/mol. The molecule has 0 aromatic carbocycles. The molecule has 1 heterocycles. The van der Waals surface area contributed by atoms with Gasteiger partial charge in [-0.3, -0.25) is 19.2 Å². The van der Waals surface area contributed by atoms with Gasteiger partial charge in [0.05, 0.1) is 6.61 Å². The highest BCUT2D eigenvalue weighted by Gasteiger charge is 2.30. The zero-order valence-electron chi connectivity index (χ0n) is 12.2. The Kier molecular flexibility index (Phi) is 5.11. The van der Waals surface area contributed by atoms with Crippen molar-refractivity contribution in [3.63, 3.8) is 0 Å². The molecule has 1 atom stereocenters. The summed E-state index contributed by atoms with van der Waals surface area (Å²) in [6.07, 6.45) is 0.667. The molecule has 2 aliphatic carbocycles. The van der Waals surface area contributed by atoms with Gasteiger partial charge >= 0.3 is 5.97 Å². The summed E-state index contributed by atoms with van der Waals surface area (Å²) in [6.45, 7) is 1.55. The fourth-order valence-electron chi connectivity index (χ4n) is 2.10. The Morgan fingerprint density at radius 3 is 2.32 bits per heavy atom. The Morgan fingerprint density at radius 1 is 1.32 bits per heavy atom. The molecule has 7 heteroatoms. The number of fused-ring (bicyclic) bond motifs is 1. The second-order valence-electron chi connectivity index (χ2n) is 5.13. The monoisotopic (exact) mass is 306 g/mol. The van der Waals surface area contributed by atoms with E-state index in [0.717, 1.165) is 5.17 Å². The van der Waals surface area contributed by atoms with E-state index in [4.69, 9.17) is 9.94 Å². The molecule has 0 saturated carbocycles. The van der Waals surface area contributed by atoms with Crippen LogP contribution < -0.4 is 5.43 Å². The molecule has 1 saturated heterocycles. The maximum Gasteiger partial charge on any atom is 0.303 e. The molecule has 3 rings (SSSR count). The first-order chi connectivity index (χ1) is 10.5. The van der Waals surface area contributed by atoms with Crippen LogP contribution in [0.25, 0.3) is 11.1 Å². The van der Waals surface area contributed by atoms with E-state index in [0.29, 0.717) is 6.42 Å². The van der Waals surface area contributed by atoms with E-state index in [-0.39, 0.29) is 19.4 Å².